The van der Waals surface area contributed by atoms with Crippen molar-refractivity contribution in [3.8, 4) is 0 Å². The lowest BCUT2D eigenvalue weighted by Crippen LogP contribution is -2.47. The summed E-state index contributed by atoms with van der Waals surface area (Å²) in [5, 5.41) is 0. The molecule has 0 aromatic carbocycles. The van der Waals surface area contributed by atoms with Crippen LogP contribution in [0.25, 0.3) is 0 Å². The first kappa shape index (κ1) is 24.2. The maximum atomic E-state index is 12.9. The number of unbranched alkanes of at least 4 members (excludes halogenated alkanes) is 8. The molecule has 0 saturated heterocycles. The number of ether oxygens (including phenoxy) is 1. The molecule has 0 saturated carbocycles. The predicted molar refractivity (Wildman–Crippen MR) is 95.2 cm³/mol. The number of carbonyl (C=O) groups is 1. The first-order valence-electron chi connectivity index (χ1n) is 9.69. The van der Waals surface area contributed by atoms with Gasteiger partial charge in [-0.25, -0.2) is 0 Å². The summed E-state index contributed by atoms with van der Waals surface area (Å²) in [4.78, 5) is 12.0. The van der Waals surface area contributed by atoms with Gasteiger partial charge in [0.2, 0.25) is 0 Å². The maximum absolute atomic E-state index is 12.9. The average Bonchev–Trinajstić information content (AvgIpc) is 2.53. The summed E-state index contributed by atoms with van der Waals surface area (Å²) >= 11 is 0. The second kappa shape index (κ2) is 13.4. The highest BCUT2D eigenvalue weighted by atomic mass is 19.4. The lowest BCUT2D eigenvalue weighted by Gasteiger charge is -2.24. The lowest BCUT2D eigenvalue weighted by molar-refractivity contribution is -0.177. The van der Waals surface area contributed by atoms with Crippen molar-refractivity contribution < 1.29 is 22.7 Å². The minimum absolute atomic E-state index is 0.0828. The van der Waals surface area contributed by atoms with E-state index >= 15 is 0 Å². The van der Waals surface area contributed by atoms with E-state index < -0.39 is 24.1 Å². The summed E-state index contributed by atoms with van der Waals surface area (Å²) < 4.78 is 43.7. The summed E-state index contributed by atoms with van der Waals surface area (Å²) in [5.74, 6) is -2.04. The Bertz CT molecular complexity index is 346. The van der Waals surface area contributed by atoms with Crippen molar-refractivity contribution in [2.75, 3.05) is 6.61 Å². The van der Waals surface area contributed by atoms with Crippen molar-refractivity contribution in [3.05, 3.63) is 0 Å². The quantitative estimate of drug-likeness (QED) is 0.320. The minimum Gasteiger partial charge on any atom is -0.465 e. The fourth-order valence-corrected chi connectivity index (χ4v) is 2.70. The van der Waals surface area contributed by atoms with Crippen LogP contribution in [-0.4, -0.2) is 24.8 Å². The third-order valence-corrected chi connectivity index (χ3v) is 4.29. The fourth-order valence-electron chi connectivity index (χ4n) is 2.70. The third-order valence-electron chi connectivity index (χ3n) is 4.29. The van der Waals surface area contributed by atoms with Gasteiger partial charge in [0, 0.05) is 0 Å². The Morgan fingerprint density at radius 2 is 1.44 bits per heavy atom. The molecule has 25 heavy (non-hydrogen) atoms. The minimum atomic E-state index is -4.58. The Morgan fingerprint density at radius 3 is 1.88 bits per heavy atom. The van der Waals surface area contributed by atoms with Crippen LogP contribution in [0.3, 0.4) is 0 Å². The molecule has 0 radical (unpaired) electrons. The molecule has 0 rings (SSSR count). The standard InChI is InChI=1S/C19H36F3NO2/c1-4-5-6-7-8-9-10-11-12-13-16(17(23)19(20,21)22)18(24)25-14-15(2)3/h15-17H,4-14,23H2,1-3H3/t16-,17-/m0/s1. The highest BCUT2D eigenvalue weighted by Gasteiger charge is 2.45. The summed E-state index contributed by atoms with van der Waals surface area (Å²) in [7, 11) is 0. The molecule has 3 nitrogen and oxygen atoms in total. The van der Waals surface area contributed by atoms with E-state index in [-0.39, 0.29) is 18.9 Å². The number of rotatable bonds is 14. The first-order valence-corrected chi connectivity index (χ1v) is 9.69. The van der Waals surface area contributed by atoms with E-state index in [9.17, 15) is 18.0 Å². The molecule has 0 aliphatic carbocycles. The molecule has 0 heterocycles. The van der Waals surface area contributed by atoms with Gasteiger partial charge in [0.05, 0.1) is 12.5 Å². The topological polar surface area (TPSA) is 52.3 Å². The van der Waals surface area contributed by atoms with Gasteiger partial charge >= 0.3 is 12.1 Å². The lowest BCUT2D eigenvalue weighted by atomic mass is 9.93. The van der Waals surface area contributed by atoms with E-state index in [2.05, 4.69) is 6.92 Å². The molecule has 0 fully saturated rings. The van der Waals surface area contributed by atoms with Gasteiger partial charge in [0.1, 0.15) is 6.04 Å². The van der Waals surface area contributed by atoms with Crippen LogP contribution in [-0.2, 0) is 9.53 Å². The molecule has 0 unspecified atom stereocenters. The number of hydrogen-bond donors (Lipinski definition) is 1. The van der Waals surface area contributed by atoms with E-state index in [0.717, 1.165) is 19.3 Å². The van der Waals surface area contributed by atoms with Crippen molar-refractivity contribution in [2.24, 2.45) is 17.6 Å². The van der Waals surface area contributed by atoms with Crippen LogP contribution < -0.4 is 5.73 Å². The normalized spacial score (nSPS) is 14.6. The van der Waals surface area contributed by atoms with Gasteiger partial charge in [-0.1, -0.05) is 78.6 Å². The van der Waals surface area contributed by atoms with Crippen molar-refractivity contribution in [3.63, 3.8) is 0 Å². The molecule has 2 atom stereocenters. The van der Waals surface area contributed by atoms with Gasteiger partial charge in [-0.2, -0.15) is 13.2 Å². The summed E-state index contributed by atoms with van der Waals surface area (Å²) in [6, 6.07) is -2.15. The average molecular weight is 367 g/mol. The van der Waals surface area contributed by atoms with Gasteiger partial charge in [-0.15, -0.1) is 0 Å². The van der Waals surface area contributed by atoms with Crippen LogP contribution in [0.1, 0.15) is 85.0 Å². The number of hydrogen-bond acceptors (Lipinski definition) is 3. The second-order valence-electron chi connectivity index (χ2n) is 7.31. The number of nitrogens with two attached hydrogens (primary N) is 1. The van der Waals surface area contributed by atoms with Gasteiger partial charge in [-0.3, -0.25) is 4.79 Å². The van der Waals surface area contributed by atoms with E-state index in [1.165, 1.54) is 32.1 Å². The zero-order chi connectivity index (χ0) is 19.3. The first-order chi connectivity index (χ1) is 11.7. The van der Waals surface area contributed by atoms with Crippen LogP contribution in [0.5, 0.6) is 0 Å². The summed E-state index contributed by atoms with van der Waals surface area (Å²) in [6.07, 6.45) is 5.14. The van der Waals surface area contributed by atoms with Gasteiger partial charge in [0.15, 0.2) is 0 Å². The molecule has 0 aromatic rings. The summed E-state index contributed by atoms with van der Waals surface area (Å²) in [5.41, 5.74) is 5.29. The molecule has 0 amide bonds. The highest BCUT2D eigenvalue weighted by molar-refractivity contribution is 5.73. The maximum Gasteiger partial charge on any atom is 0.404 e. The predicted octanol–water partition coefficient (Wildman–Crippen LogP) is 5.61. The van der Waals surface area contributed by atoms with Crippen LogP contribution in [0, 0.1) is 11.8 Å². The Kier molecular flexibility index (Phi) is 13.0. The van der Waals surface area contributed by atoms with Crippen molar-refractivity contribution in [1.29, 1.82) is 0 Å². The molecular formula is C19H36F3NO2. The molecule has 0 aliphatic rings. The van der Waals surface area contributed by atoms with Gasteiger partial charge < -0.3 is 10.5 Å². The third kappa shape index (κ3) is 12.2. The Morgan fingerprint density at radius 1 is 0.960 bits per heavy atom. The Labute approximate surface area is 150 Å². The monoisotopic (exact) mass is 367 g/mol. The number of carbonyl (C=O) groups excluding carboxylic acids is 1. The molecule has 0 bridgehead atoms. The van der Waals surface area contributed by atoms with E-state index in [1.807, 2.05) is 13.8 Å². The zero-order valence-electron chi connectivity index (χ0n) is 16.0. The zero-order valence-corrected chi connectivity index (χ0v) is 16.0. The highest BCUT2D eigenvalue weighted by Crippen LogP contribution is 2.28. The Hall–Kier alpha value is -0.780. The van der Waals surface area contributed by atoms with Crippen molar-refractivity contribution in [2.45, 2.75) is 97.2 Å². The van der Waals surface area contributed by atoms with Crippen LogP contribution in [0.4, 0.5) is 13.2 Å². The summed E-state index contributed by atoms with van der Waals surface area (Å²) in [6.45, 7) is 5.98. The number of halogens is 3. The molecule has 0 aliphatic heterocycles. The second-order valence-corrected chi connectivity index (χ2v) is 7.31. The molecular weight excluding hydrogens is 331 g/mol. The van der Waals surface area contributed by atoms with E-state index in [1.54, 1.807) is 0 Å². The Balaban J connectivity index is 4.21. The smallest absolute Gasteiger partial charge is 0.404 e. The molecule has 0 aromatic heterocycles. The number of alkyl halides is 3. The van der Waals surface area contributed by atoms with Crippen molar-refractivity contribution >= 4 is 5.97 Å². The van der Waals surface area contributed by atoms with Crippen LogP contribution >= 0.6 is 0 Å². The molecule has 150 valence electrons. The van der Waals surface area contributed by atoms with Crippen molar-refractivity contribution in [1.82, 2.24) is 0 Å². The molecule has 0 spiro atoms. The van der Waals surface area contributed by atoms with E-state index in [0.29, 0.717) is 6.42 Å². The largest absolute Gasteiger partial charge is 0.465 e. The van der Waals surface area contributed by atoms with Gasteiger partial charge in [0.25, 0.3) is 0 Å². The fraction of sp³-hybridized carbons (Fsp3) is 0.947. The van der Waals surface area contributed by atoms with E-state index in [4.69, 9.17) is 10.5 Å². The number of esters is 1. The SMILES string of the molecule is CCCCCCCCCCC[C@H](C(=O)OCC(C)C)[C@H](N)C(F)(F)F. The molecule has 6 heteroatoms. The van der Waals surface area contributed by atoms with Crippen LogP contribution in [0.15, 0.2) is 0 Å². The van der Waals surface area contributed by atoms with Gasteiger partial charge in [-0.05, 0) is 12.3 Å². The molecule has 2 N–H and O–H groups in total. The van der Waals surface area contributed by atoms with Crippen LogP contribution in [0.2, 0.25) is 0 Å².